The van der Waals surface area contributed by atoms with E-state index < -0.39 is 0 Å². The molecule has 0 aromatic heterocycles. The van der Waals surface area contributed by atoms with E-state index in [4.69, 9.17) is 9.73 Å². The molecule has 1 fully saturated rings. The summed E-state index contributed by atoms with van der Waals surface area (Å²) in [5, 5.41) is 3.49. The van der Waals surface area contributed by atoms with Gasteiger partial charge in [0.15, 0.2) is 5.96 Å². The van der Waals surface area contributed by atoms with Gasteiger partial charge < -0.3 is 19.9 Å². The van der Waals surface area contributed by atoms with Gasteiger partial charge in [-0.3, -0.25) is 4.99 Å². The molecule has 0 aliphatic carbocycles. The number of hydrogen-bond donors (Lipinski definition) is 1. The van der Waals surface area contributed by atoms with Crippen molar-refractivity contribution in [2.24, 2.45) is 10.9 Å². The molecule has 0 amide bonds. The van der Waals surface area contributed by atoms with Crippen LogP contribution in [0, 0.1) is 5.92 Å². The van der Waals surface area contributed by atoms with Crippen LogP contribution in [0.4, 0.5) is 11.4 Å². The zero-order valence-corrected chi connectivity index (χ0v) is 16.9. The van der Waals surface area contributed by atoms with E-state index in [1.165, 1.54) is 16.9 Å². The Labute approximate surface area is 168 Å². The summed E-state index contributed by atoms with van der Waals surface area (Å²) in [6.07, 6.45) is 2.25. The zero-order valence-electron chi connectivity index (χ0n) is 16.9. The first kappa shape index (κ1) is 18.7. The second-order valence-corrected chi connectivity index (χ2v) is 7.50. The molecule has 0 saturated carbocycles. The van der Waals surface area contributed by atoms with Crippen molar-refractivity contribution in [3.63, 3.8) is 0 Å². The fourth-order valence-electron chi connectivity index (χ4n) is 4.26. The number of nitrogens with zero attached hydrogens (tertiary/aromatic N) is 3. The fraction of sp³-hybridized carbons (Fsp3) is 0.435. The summed E-state index contributed by atoms with van der Waals surface area (Å²) >= 11 is 0. The minimum absolute atomic E-state index is 0.566. The summed E-state index contributed by atoms with van der Waals surface area (Å²) in [7, 11) is 1.74. The van der Waals surface area contributed by atoms with Crippen LogP contribution in [0.15, 0.2) is 53.5 Å². The highest BCUT2D eigenvalue weighted by Gasteiger charge is 2.26. The van der Waals surface area contributed by atoms with Crippen LogP contribution >= 0.6 is 0 Å². The van der Waals surface area contributed by atoms with Gasteiger partial charge in [0.2, 0.25) is 0 Å². The van der Waals surface area contributed by atoms with Gasteiger partial charge in [-0.2, -0.15) is 0 Å². The van der Waals surface area contributed by atoms with Crippen LogP contribution < -0.4 is 19.9 Å². The molecule has 5 heteroatoms. The van der Waals surface area contributed by atoms with Gasteiger partial charge in [0.05, 0.1) is 12.8 Å². The number of rotatable bonds is 5. The van der Waals surface area contributed by atoms with Gasteiger partial charge in [-0.25, -0.2) is 0 Å². The maximum absolute atomic E-state index is 5.54. The van der Waals surface area contributed by atoms with Gasteiger partial charge in [-0.1, -0.05) is 30.3 Å². The molecule has 1 unspecified atom stereocenters. The van der Waals surface area contributed by atoms with E-state index in [-0.39, 0.29) is 0 Å². The largest absolute Gasteiger partial charge is 0.495 e. The number of aliphatic imine (C=N–C) groups is 1. The monoisotopic (exact) mass is 378 g/mol. The molecule has 2 aliphatic heterocycles. The van der Waals surface area contributed by atoms with Gasteiger partial charge in [-0.15, -0.1) is 0 Å². The molecule has 0 radical (unpaired) electrons. The summed E-state index contributed by atoms with van der Waals surface area (Å²) in [5.41, 5.74) is 3.90. The minimum atomic E-state index is 0.566. The molecule has 1 atom stereocenters. The highest BCUT2D eigenvalue weighted by molar-refractivity contribution is 5.98. The molecule has 2 aliphatic rings. The summed E-state index contributed by atoms with van der Waals surface area (Å²) in [6, 6.07) is 17.0. The molecule has 148 valence electrons. The third-order valence-electron chi connectivity index (χ3n) is 5.69. The number of anilines is 2. The van der Waals surface area contributed by atoms with Gasteiger partial charge >= 0.3 is 0 Å². The SMILES string of the molecule is CCNC(=NCC1CCN(c2ccccc2OC)C1)N1CCc2ccccc21. The smallest absolute Gasteiger partial charge is 0.198 e. The van der Waals surface area contributed by atoms with Crippen molar-refractivity contribution < 1.29 is 4.74 Å². The third kappa shape index (κ3) is 3.79. The Morgan fingerprint density at radius 2 is 1.89 bits per heavy atom. The Kier molecular flexibility index (Phi) is 5.70. The van der Waals surface area contributed by atoms with Crippen LogP contribution in [0.25, 0.3) is 0 Å². The van der Waals surface area contributed by atoms with Crippen LogP contribution in [-0.2, 0) is 6.42 Å². The lowest BCUT2D eigenvalue weighted by molar-refractivity contribution is 0.414. The van der Waals surface area contributed by atoms with Crippen molar-refractivity contribution >= 4 is 17.3 Å². The highest BCUT2D eigenvalue weighted by Crippen LogP contribution is 2.32. The molecule has 0 spiro atoms. The average Bonchev–Trinajstić information content (AvgIpc) is 3.38. The topological polar surface area (TPSA) is 40.1 Å². The fourth-order valence-corrected chi connectivity index (χ4v) is 4.26. The van der Waals surface area contributed by atoms with Gasteiger partial charge in [0, 0.05) is 38.4 Å². The van der Waals surface area contributed by atoms with E-state index in [0.29, 0.717) is 5.92 Å². The predicted molar refractivity (Wildman–Crippen MR) is 117 cm³/mol. The lowest BCUT2D eigenvalue weighted by Crippen LogP contribution is -2.41. The van der Waals surface area contributed by atoms with Crippen molar-refractivity contribution in [3.8, 4) is 5.75 Å². The number of nitrogens with one attached hydrogen (secondary N) is 1. The molecule has 1 saturated heterocycles. The zero-order chi connectivity index (χ0) is 19.3. The molecule has 2 aromatic rings. The van der Waals surface area contributed by atoms with Crippen molar-refractivity contribution in [2.75, 3.05) is 49.6 Å². The first-order valence-corrected chi connectivity index (χ1v) is 10.3. The maximum Gasteiger partial charge on any atom is 0.198 e. The summed E-state index contributed by atoms with van der Waals surface area (Å²) in [5.74, 6) is 2.54. The average molecular weight is 379 g/mol. The molecule has 5 nitrogen and oxygen atoms in total. The van der Waals surface area contributed by atoms with Crippen LogP contribution in [0.2, 0.25) is 0 Å². The molecule has 4 rings (SSSR count). The van der Waals surface area contributed by atoms with Crippen LogP contribution in [0.5, 0.6) is 5.75 Å². The quantitative estimate of drug-likeness (QED) is 0.638. The van der Waals surface area contributed by atoms with Crippen molar-refractivity contribution in [2.45, 2.75) is 19.8 Å². The van der Waals surface area contributed by atoms with Gasteiger partial charge in [0.25, 0.3) is 0 Å². The van der Waals surface area contributed by atoms with Crippen LogP contribution in [0.1, 0.15) is 18.9 Å². The van der Waals surface area contributed by atoms with Crippen molar-refractivity contribution in [3.05, 3.63) is 54.1 Å². The van der Waals surface area contributed by atoms with Gasteiger partial charge in [0.1, 0.15) is 5.75 Å². The molecular weight excluding hydrogens is 348 g/mol. The Hall–Kier alpha value is -2.69. The van der Waals surface area contributed by atoms with E-state index in [0.717, 1.165) is 57.3 Å². The predicted octanol–water partition coefficient (Wildman–Crippen LogP) is 3.55. The Morgan fingerprint density at radius 3 is 2.71 bits per heavy atom. The Morgan fingerprint density at radius 1 is 1.11 bits per heavy atom. The van der Waals surface area contributed by atoms with E-state index in [1.807, 2.05) is 12.1 Å². The highest BCUT2D eigenvalue weighted by atomic mass is 16.5. The van der Waals surface area contributed by atoms with E-state index in [1.54, 1.807) is 7.11 Å². The van der Waals surface area contributed by atoms with Crippen LogP contribution in [-0.4, -0.2) is 45.8 Å². The lowest BCUT2D eigenvalue weighted by Gasteiger charge is -2.23. The first-order chi connectivity index (χ1) is 13.8. The van der Waals surface area contributed by atoms with Crippen LogP contribution in [0.3, 0.4) is 0 Å². The standard InChI is InChI=1S/C23H30N4O/c1-3-24-23(27-15-13-19-8-4-5-9-20(19)27)25-16-18-12-14-26(17-18)21-10-6-7-11-22(21)28-2/h4-11,18H,3,12-17H2,1-2H3,(H,24,25). The van der Waals surface area contributed by atoms with Crippen molar-refractivity contribution in [1.29, 1.82) is 0 Å². The second kappa shape index (κ2) is 8.55. The summed E-state index contributed by atoms with van der Waals surface area (Å²) in [6.45, 7) is 6.96. The first-order valence-electron chi connectivity index (χ1n) is 10.3. The Balaban J connectivity index is 1.44. The number of methoxy groups -OCH3 is 1. The normalized spacial score (nSPS) is 19.1. The Bertz CT molecular complexity index is 835. The van der Waals surface area contributed by atoms with Crippen molar-refractivity contribution in [1.82, 2.24) is 5.32 Å². The lowest BCUT2D eigenvalue weighted by atomic mass is 10.1. The number of para-hydroxylation sites is 3. The molecule has 28 heavy (non-hydrogen) atoms. The van der Waals surface area contributed by atoms with E-state index in [2.05, 4.69) is 58.4 Å². The summed E-state index contributed by atoms with van der Waals surface area (Å²) in [4.78, 5) is 9.79. The third-order valence-corrected chi connectivity index (χ3v) is 5.69. The van der Waals surface area contributed by atoms with E-state index >= 15 is 0 Å². The number of guanidine groups is 1. The number of ether oxygens (including phenoxy) is 1. The molecule has 2 aromatic carbocycles. The molecular formula is C23H30N4O. The van der Waals surface area contributed by atoms with E-state index in [9.17, 15) is 0 Å². The molecule has 2 heterocycles. The van der Waals surface area contributed by atoms with Gasteiger partial charge in [-0.05, 0) is 49.4 Å². The maximum atomic E-state index is 5.54. The molecule has 0 bridgehead atoms. The number of fused-ring (bicyclic) bond motifs is 1. The number of hydrogen-bond acceptors (Lipinski definition) is 3. The second-order valence-electron chi connectivity index (χ2n) is 7.50. The molecule has 1 N–H and O–H groups in total. The summed E-state index contributed by atoms with van der Waals surface area (Å²) < 4.78 is 5.54. The number of benzene rings is 2. The minimum Gasteiger partial charge on any atom is -0.495 e.